The fourth-order valence-corrected chi connectivity index (χ4v) is 8.48. The molecule has 1 aliphatic carbocycles. The van der Waals surface area contributed by atoms with Gasteiger partial charge in [-0.15, -0.1) is 5.10 Å². The van der Waals surface area contributed by atoms with Gasteiger partial charge in [-0.25, -0.2) is 13.9 Å². The average molecular weight is 777 g/mol. The molecule has 1 unspecified atom stereocenters. The number of piperazine rings is 1. The minimum absolute atomic E-state index is 0.228. The van der Waals surface area contributed by atoms with Crippen LogP contribution in [0, 0.1) is 0 Å². The monoisotopic (exact) mass is 776 g/mol. The van der Waals surface area contributed by atoms with E-state index in [0.29, 0.717) is 42.3 Å². The molecule has 2 aromatic carbocycles. The van der Waals surface area contributed by atoms with E-state index in [0.717, 1.165) is 85.0 Å². The molecule has 4 aliphatic rings. The summed E-state index contributed by atoms with van der Waals surface area (Å²) in [4.78, 5) is 53.3. The maximum absolute atomic E-state index is 13.5. The fraction of sp³-hybridized carbons (Fsp3) is 0.366. The van der Waals surface area contributed by atoms with Gasteiger partial charge in [0.15, 0.2) is 17.2 Å². The summed E-state index contributed by atoms with van der Waals surface area (Å²) in [5, 5.41) is 13.8. The van der Waals surface area contributed by atoms with E-state index in [4.69, 9.17) is 21.7 Å². The molecule has 6 heterocycles. The fourth-order valence-electron chi connectivity index (χ4n) is 8.14. The van der Waals surface area contributed by atoms with Crippen molar-refractivity contribution in [2.24, 2.45) is 0 Å². The van der Waals surface area contributed by atoms with Gasteiger partial charge in [0.05, 0.1) is 41.4 Å². The lowest BCUT2D eigenvalue weighted by Gasteiger charge is -2.36. The molecule has 9 rings (SSSR count). The number of aromatic nitrogens is 4. The van der Waals surface area contributed by atoms with Crippen molar-refractivity contribution in [1.29, 1.82) is 0 Å². The summed E-state index contributed by atoms with van der Waals surface area (Å²) >= 11 is 6.62. The summed E-state index contributed by atoms with van der Waals surface area (Å²) < 4.78 is 15.1. The predicted molar refractivity (Wildman–Crippen MR) is 213 cm³/mol. The van der Waals surface area contributed by atoms with Crippen molar-refractivity contribution in [2.45, 2.75) is 50.2 Å². The summed E-state index contributed by atoms with van der Waals surface area (Å²) in [7, 11) is 1.81. The Bertz CT molecular complexity index is 2340. The molecule has 0 bridgehead atoms. The van der Waals surface area contributed by atoms with Crippen LogP contribution in [0.1, 0.15) is 52.4 Å². The number of pyridine rings is 1. The SMILES string of the molecule is CNc1cc(N2CCc3c(-c4ccc(N5CCN(CCc6ccc(C7CCC(=O)NC7=O)c(Cl)c6)CC5)cn4)cccc32)nn2c(C(=O)N[C@@H]3C[C@@H]3F)cnc12. The van der Waals surface area contributed by atoms with E-state index < -0.39 is 18.1 Å². The first-order chi connectivity index (χ1) is 27.2. The number of imidazole rings is 1. The Balaban J connectivity index is 0.838. The van der Waals surface area contributed by atoms with Crippen LogP contribution in [0.2, 0.25) is 5.02 Å². The molecule has 3 fully saturated rings. The molecular weight excluding hydrogens is 735 g/mol. The van der Waals surface area contributed by atoms with Crippen molar-refractivity contribution in [3.63, 3.8) is 0 Å². The number of carbonyl (C=O) groups excluding carboxylic acids is 3. The number of hydrogen-bond acceptors (Lipinski definition) is 10. The topological polar surface area (TPSA) is 140 Å². The number of fused-ring (bicyclic) bond motifs is 2. The van der Waals surface area contributed by atoms with Gasteiger partial charge in [0.1, 0.15) is 6.17 Å². The van der Waals surface area contributed by atoms with Crippen LogP contribution in [-0.2, 0) is 22.4 Å². The van der Waals surface area contributed by atoms with Crippen LogP contribution < -0.4 is 25.8 Å². The third-order valence-electron chi connectivity index (χ3n) is 11.4. The van der Waals surface area contributed by atoms with E-state index in [-0.39, 0.29) is 23.4 Å². The van der Waals surface area contributed by atoms with E-state index in [1.165, 1.54) is 16.3 Å². The number of carbonyl (C=O) groups is 3. The van der Waals surface area contributed by atoms with Gasteiger partial charge in [0.25, 0.3) is 5.91 Å². The molecule has 56 heavy (non-hydrogen) atoms. The van der Waals surface area contributed by atoms with Crippen LogP contribution in [0.3, 0.4) is 0 Å². The smallest absolute Gasteiger partial charge is 0.271 e. The first kappa shape index (κ1) is 36.1. The average Bonchev–Trinajstić information content (AvgIpc) is 3.52. The first-order valence-electron chi connectivity index (χ1n) is 19.2. The van der Waals surface area contributed by atoms with Crippen LogP contribution in [0.25, 0.3) is 16.9 Å². The molecule has 13 nitrogen and oxygen atoms in total. The number of alkyl halides is 1. The maximum atomic E-state index is 13.5. The highest BCUT2D eigenvalue weighted by Crippen LogP contribution is 2.40. The molecule has 15 heteroatoms. The van der Waals surface area contributed by atoms with Gasteiger partial charge in [0, 0.05) is 81.5 Å². The van der Waals surface area contributed by atoms with Crippen LogP contribution in [0.15, 0.2) is 67.0 Å². The van der Waals surface area contributed by atoms with Gasteiger partial charge in [-0.3, -0.25) is 29.6 Å². The van der Waals surface area contributed by atoms with Crippen molar-refractivity contribution in [3.05, 3.63) is 94.4 Å². The van der Waals surface area contributed by atoms with Gasteiger partial charge in [-0.1, -0.05) is 35.9 Å². The normalized spacial score (nSPS) is 20.9. The molecule has 5 aromatic rings. The van der Waals surface area contributed by atoms with Gasteiger partial charge < -0.3 is 20.4 Å². The number of imide groups is 1. The molecule has 3 aromatic heterocycles. The summed E-state index contributed by atoms with van der Waals surface area (Å²) in [5.74, 6) is -0.608. The lowest BCUT2D eigenvalue weighted by atomic mass is 9.89. The van der Waals surface area contributed by atoms with E-state index >= 15 is 0 Å². The van der Waals surface area contributed by atoms with E-state index in [2.05, 4.69) is 59.9 Å². The molecule has 3 atom stereocenters. The number of anilines is 4. The van der Waals surface area contributed by atoms with Crippen molar-refractivity contribution >= 4 is 57.8 Å². The molecule has 3 aliphatic heterocycles. The van der Waals surface area contributed by atoms with Crippen molar-refractivity contribution < 1.29 is 18.8 Å². The molecular formula is C41H42ClFN10O3. The standard InChI is InChI=1S/C41H42ClFN10O3/c1-44-34-21-37(49-53-36(23-46-39(34)53)41(56)47-33-20-31(33)43)52-14-12-28-27(3-2-4-35(28)52)32-9-6-25(22-45-32)51-17-15-50(16-18-51)13-11-24-5-7-26(30(42)19-24)29-8-10-38(54)48-40(29)55/h2-7,9,19,21-23,29,31,33,44H,8,10-18,20H2,1H3,(H,47,56)(H,48,54,55)/t29?,31-,33+/m0/s1. The zero-order valence-electron chi connectivity index (χ0n) is 31.0. The Labute approximate surface area is 328 Å². The van der Waals surface area contributed by atoms with E-state index in [1.807, 2.05) is 43.6 Å². The number of halogens is 2. The molecule has 288 valence electrons. The van der Waals surface area contributed by atoms with Gasteiger partial charge in [-0.05, 0) is 60.2 Å². The summed E-state index contributed by atoms with van der Waals surface area (Å²) in [6.45, 7) is 5.29. The highest BCUT2D eigenvalue weighted by atomic mass is 35.5. The lowest BCUT2D eigenvalue weighted by molar-refractivity contribution is -0.134. The number of hydrogen-bond donors (Lipinski definition) is 3. The predicted octanol–water partition coefficient (Wildman–Crippen LogP) is 4.91. The molecule has 0 spiro atoms. The van der Waals surface area contributed by atoms with E-state index in [1.54, 1.807) is 0 Å². The van der Waals surface area contributed by atoms with Crippen molar-refractivity contribution in [2.75, 3.05) is 61.4 Å². The van der Waals surface area contributed by atoms with E-state index in [9.17, 15) is 18.8 Å². The second-order valence-electron chi connectivity index (χ2n) is 14.9. The summed E-state index contributed by atoms with van der Waals surface area (Å²) in [6.07, 6.45) is 5.25. The number of nitrogens with zero attached hydrogens (tertiary/aromatic N) is 7. The second-order valence-corrected chi connectivity index (χ2v) is 15.3. The van der Waals surface area contributed by atoms with Gasteiger partial charge >= 0.3 is 0 Å². The molecule has 1 saturated carbocycles. The van der Waals surface area contributed by atoms with Crippen molar-refractivity contribution in [3.8, 4) is 11.3 Å². The van der Waals surface area contributed by atoms with Crippen LogP contribution in [0.4, 0.5) is 27.3 Å². The molecule has 3 amide bonds. The Morgan fingerprint density at radius 3 is 2.57 bits per heavy atom. The van der Waals surface area contributed by atoms with Crippen molar-refractivity contribution in [1.82, 2.24) is 35.1 Å². The lowest BCUT2D eigenvalue weighted by Crippen LogP contribution is -2.47. The second kappa shape index (κ2) is 14.8. The molecule has 2 saturated heterocycles. The Morgan fingerprint density at radius 1 is 1.00 bits per heavy atom. The third-order valence-corrected chi connectivity index (χ3v) is 11.8. The quantitative estimate of drug-likeness (QED) is 0.168. The van der Waals surface area contributed by atoms with Gasteiger partial charge in [0.2, 0.25) is 11.8 Å². The third kappa shape index (κ3) is 6.92. The van der Waals surface area contributed by atoms with Gasteiger partial charge in [-0.2, -0.15) is 0 Å². The molecule has 0 radical (unpaired) electrons. The largest absolute Gasteiger partial charge is 0.385 e. The number of rotatable bonds is 10. The maximum Gasteiger partial charge on any atom is 0.271 e. The highest BCUT2D eigenvalue weighted by Gasteiger charge is 2.39. The Morgan fingerprint density at radius 2 is 1.84 bits per heavy atom. The number of nitrogens with one attached hydrogen (secondary N) is 3. The Hall–Kier alpha value is -5.60. The zero-order valence-corrected chi connectivity index (χ0v) is 31.7. The molecule has 3 N–H and O–H groups in total. The summed E-state index contributed by atoms with van der Waals surface area (Å²) in [5.41, 5.74) is 8.73. The van der Waals surface area contributed by atoms with Crippen LogP contribution in [-0.4, -0.2) is 101 Å². The minimum atomic E-state index is -1.00. The number of benzene rings is 2. The zero-order chi connectivity index (χ0) is 38.5. The first-order valence-corrected chi connectivity index (χ1v) is 19.6. The van der Waals surface area contributed by atoms with Crippen LogP contribution >= 0.6 is 11.6 Å². The highest BCUT2D eigenvalue weighted by molar-refractivity contribution is 6.31. The number of amides is 3. The number of piperidine rings is 1. The Kier molecular flexibility index (Phi) is 9.54. The van der Waals surface area contributed by atoms with Crippen LogP contribution in [0.5, 0.6) is 0 Å². The minimum Gasteiger partial charge on any atom is -0.385 e. The summed E-state index contributed by atoms with van der Waals surface area (Å²) in [6, 6.07) is 17.9.